The molecule has 2 rings (SSSR count). The van der Waals surface area contributed by atoms with Gasteiger partial charge in [-0.1, -0.05) is 0 Å². The van der Waals surface area contributed by atoms with Crippen molar-refractivity contribution in [3.63, 3.8) is 0 Å². The van der Waals surface area contributed by atoms with Gasteiger partial charge in [0.25, 0.3) is 5.91 Å². The Bertz CT molecular complexity index is 614. The van der Waals surface area contributed by atoms with Gasteiger partial charge in [-0.3, -0.25) is 4.79 Å². The molecule has 10 heteroatoms. The molecule has 1 aliphatic rings. The molecule has 0 unspecified atom stereocenters. The summed E-state index contributed by atoms with van der Waals surface area (Å²) in [5.74, 6) is -0.148. The summed E-state index contributed by atoms with van der Waals surface area (Å²) in [7, 11) is -2.00. The van der Waals surface area contributed by atoms with Crippen LogP contribution in [0.4, 0.5) is 0 Å². The van der Waals surface area contributed by atoms with E-state index in [0.717, 1.165) is 25.9 Å². The van der Waals surface area contributed by atoms with Crippen LogP contribution in [0, 0.1) is 0 Å². The third-order valence-corrected chi connectivity index (χ3v) is 5.11. The molecule has 0 saturated carbocycles. The van der Waals surface area contributed by atoms with Crippen LogP contribution in [0.3, 0.4) is 0 Å². The summed E-state index contributed by atoms with van der Waals surface area (Å²) >= 11 is 0. The summed E-state index contributed by atoms with van der Waals surface area (Å²) in [6.45, 7) is 3.47. The number of aromatic nitrogens is 1. The lowest BCUT2D eigenvalue weighted by atomic mass is 10.4. The third-order valence-electron chi connectivity index (χ3n) is 3.67. The van der Waals surface area contributed by atoms with Crippen molar-refractivity contribution >= 4 is 28.3 Å². The predicted molar refractivity (Wildman–Crippen MR) is 93.1 cm³/mol. The second-order valence-corrected chi connectivity index (χ2v) is 7.16. The van der Waals surface area contributed by atoms with Crippen LogP contribution < -0.4 is 10.0 Å². The number of rotatable bonds is 9. The highest BCUT2D eigenvalue weighted by Gasteiger charge is 2.23. The molecule has 2 heterocycles. The summed E-state index contributed by atoms with van der Waals surface area (Å²) in [5, 5.41) is 3.05. The quantitative estimate of drug-likeness (QED) is 0.530. The van der Waals surface area contributed by atoms with Crippen LogP contribution >= 0.6 is 12.4 Å². The van der Waals surface area contributed by atoms with Crippen molar-refractivity contribution in [2.45, 2.75) is 17.7 Å². The lowest BCUT2D eigenvalue weighted by Crippen LogP contribution is -2.33. The molecule has 0 aliphatic carbocycles. The van der Waals surface area contributed by atoms with Gasteiger partial charge in [0, 0.05) is 46.0 Å². The van der Waals surface area contributed by atoms with Gasteiger partial charge in [0.1, 0.15) is 10.6 Å². The Morgan fingerprint density at radius 1 is 1.29 bits per heavy atom. The van der Waals surface area contributed by atoms with Crippen molar-refractivity contribution in [2.24, 2.45) is 0 Å². The molecule has 1 aromatic rings. The fraction of sp³-hybridized carbons (Fsp3) is 0.643. The van der Waals surface area contributed by atoms with Crippen LogP contribution in [0.15, 0.2) is 17.2 Å². The minimum absolute atomic E-state index is 0. The first kappa shape index (κ1) is 20.9. The first-order valence-corrected chi connectivity index (χ1v) is 9.20. The number of carbonyl (C=O) groups excluding carboxylic acids is 1. The summed E-state index contributed by atoms with van der Waals surface area (Å²) in [6.07, 6.45) is 3.34. The molecule has 0 radical (unpaired) electrons. The SMILES string of the molecule is COCCNCCNS(=O)(=O)c1c[nH]c(C(=O)N2CCCC2)c1.Cl. The van der Waals surface area contributed by atoms with Crippen LogP contribution in [0.1, 0.15) is 23.3 Å². The van der Waals surface area contributed by atoms with Gasteiger partial charge in [-0.15, -0.1) is 12.4 Å². The molecule has 24 heavy (non-hydrogen) atoms. The predicted octanol–water partition coefficient (Wildman–Crippen LogP) is 0.187. The maximum atomic E-state index is 12.2. The van der Waals surface area contributed by atoms with E-state index >= 15 is 0 Å². The number of nitrogens with zero attached hydrogens (tertiary/aromatic N) is 1. The molecule has 8 nitrogen and oxygen atoms in total. The van der Waals surface area contributed by atoms with Gasteiger partial charge >= 0.3 is 0 Å². The minimum atomic E-state index is -3.61. The summed E-state index contributed by atoms with van der Waals surface area (Å²) in [4.78, 5) is 16.8. The van der Waals surface area contributed by atoms with E-state index in [1.54, 1.807) is 12.0 Å². The van der Waals surface area contributed by atoms with Crippen LogP contribution in [0.25, 0.3) is 0 Å². The van der Waals surface area contributed by atoms with Crippen LogP contribution in [0.5, 0.6) is 0 Å². The normalized spacial score (nSPS) is 14.6. The molecule has 1 aliphatic heterocycles. The second-order valence-electron chi connectivity index (χ2n) is 5.39. The molecule has 0 bridgehead atoms. The molecule has 0 aromatic carbocycles. The Morgan fingerprint density at radius 3 is 2.67 bits per heavy atom. The number of methoxy groups -OCH3 is 1. The average molecular weight is 381 g/mol. The van der Waals surface area contributed by atoms with Gasteiger partial charge in [0.2, 0.25) is 10.0 Å². The lowest BCUT2D eigenvalue weighted by molar-refractivity contribution is 0.0787. The number of aromatic amines is 1. The smallest absolute Gasteiger partial charge is 0.270 e. The minimum Gasteiger partial charge on any atom is -0.383 e. The zero-order valence-electron chi connectivity index (χ0n) is 13.7. The molecular weight excluding hydrogens is 356 g/mol. The number of amides is 1. The van der Waals surface area contributed by atoms with E-state index in [-0.39, 0.29) is 29.8 Å². The van der Waals surface area contributed by atoms with Crippen LogP contribution in [-0.2, 0) is 14.8 Å². The molecule has 3 N–H and O–H groups in total. The van der Waals surface area contributed by atoms with Gasteiger partial charge in [0.05, 0.1) is 6.61 Å². The van der Waals surface area contributed by atoms with Gasteiger partial charge in [-0.05, 0) is 18.9 Å². The number of sulfonamides is 1. The van der Waals surface area contributed by atoms with E-state index in [2.05, 4.69) is 15.0 Å². The van der Waals surface area contributed by atoms with E-state index in [1.807, 2.05) is 0 Å². The van der Waals surface area contributed by atoms with Crippen LogP contribution in [-0.4, -0.2) is 70.6 Å². The fourth-order valence-electron chi connectivity index (χ4n) is 2.40. The topological polar surface area (TPSA) is 104 Å². The van der Waals surface area contributed by atoms with E-state index in [0.29, 0.717) is 25.4 Å². The Hall–Kier alpha value is -1.13. The number of hydrogen-bond donors (Lipinski definition) is 3. The number of ether oxygens (including phenoxy) is 1. The monoisotopic (exact) mass is 380 g/mol. The molecule has 138 valence electrons. The molecule has 1 aromatic heterocycles. The van der Waals surface area contributed by atoms with E-state index < -0.39 is 10.0 Å². The Balaban J connectivity index is 0.00000288. The number of hydrogen-bond acceptors (Lipinski definition) is 5. The van der Waals surface area contributed by atoms with Crippen molar-refractivity contribution in [1.29, 1.82) is 0 Å². The average Bonchev–Trinajstić information content (AvgIpc) is 3.21. The van der Waals surface area contributed by atoms with Crippen molar-refractivity contribution in [2.75, 3.05) is 46.4 Å². The number of likely N-dealkylation sites (tertiary alicyclic amines) is 1. The molecule has 1 amide bonds. The first-order chi connectivity index (χ1) is 11.0. The summed E-state index contributed by atoms with van der Waals surface area (Å²) < 4.78 is 31.7. The van der Waals surface area contributed by atoms with E-state index in [9.17, 15) is 13.2 Å². The van der Waals surface area contributed by atoms with Crippen molar-refractivity contribution < 1.29 is 17.9 Å². The lowest BCUT2D eigenvalue weighted by Gasteiger charge is -2.13. The Labute approximate surface area is 148 Å². The zero-order chi connectivity index (χ0) is 16.7. The van der Waals surface area contributed by atoms with E-state index in [4.69, 9.17) is 4.74 Å². The van der Waals surface area contributed by atoms with Gasteiger partial charge < -0.3 is 19.9 Å². The fourth-order valence-corrected chi connectivity index (χ4v) is 3.42. The van der Waals surface area contributed by atoms with Crippen molar-refractivity contribution in [3.8, 4) is 0 Å². The maximum Gasteiger partial charge on any atom is 0.270 e. The largest absolute Gasteiger partial charge is 0.383 e. The maximum absolute atomic E-state index is 12.2. The number of carbonyl (C=O) groups is 1. The zero-order valence-corrected chi connectivity index (χ0v) is 15.3. The molecule has 0 spiro atoms. The number of H-pyrrole nitrogens is 1. The van der Waals surface area contributed by atoms with Crippen molar-refractivity contribution in [1.82, 2.24) is 19.9 Å². The highest BCUT2D eigenvalue weighted by molar-refractivity contribution is 7.89. The summed E-state index contributed by atoms with van der Waals surface area (Å²) in [5.41, 5.74) is 0.311. The molecule has 1 fully saturated rings. The van der Waals surface area contributed by atoms with Gasteiger partial charge in [0.15, 0.2) is 0 Å². The molecule has 0 atom stereocenters. The Morgan fingerprint density at radius 2 is 2.00 bits per heavy atom. The molecule has 1 saturated heterocycles. The standard InChI is InChI=1S/C14H24N4O4S.ClH/c1-22-9-6-15-4-5-17-23(20,21)12-10-13(16-11-12)14(19)18-7-2-3-8-18;/h10-11,15-17H,2-9H2,1H3;1H. The van der Waals surface area contributed by atoms with Gasteiger partial charge in [-0.2, -0.15) is 0 Å². The number of nitrogens with one attached hydrogen (secondary N) is 3. The highest BCUT2D eigenvalue weighted by atomic mass is 35.5. The third kappa shape index (κ3) is 5.75. The number of halogens is 1. The first-order valence-electron chi connectivity index (χ1n) is 7.71. The highest BCUT2D eigenvalue weighted by Crippen LogP contribution is 2.15. The second kappa shape index (κ2) is 10.00. The van der Waals surface area contributed by atoms with Crippen molar-refractivity contribution in [3.05, 3.63) is 18.0 Å². The molecular formula is C14H25ClN4O4S. The van der Waals surface area contributed by atoms with Gasteiger partial charge in [-0.25, -0.2) is 13.1 Å². The van der Waals surface area contributed by atoms with Crippen LogP contribution in [0.2, 0.25) is 0 Å². The summed E-state index contributed by atoms with van der Waals surface area (Å²) in [6, 6.07) is 1.39. The Kier molecular flexibility index (Phi) is 8.71. The van der Waals surface area contributed by atoms with E-state index in [1.165, 1.54) is 12.3 Å².